The number of nitrogens with zero attached hydrogens (tertiary/aromatic N) is 2. The predicted molar refractivity (Wildman–Crippen MR) is 115 cm³/mol. The van der Waals surface area contributed by atoms with Crippen LogP contribution in [0.4, 0.5) is 0 Å². The van der Waals surface area contributed by atoms with E-state index in [0.29, 0.717) is 30.3 Å². The van der Waals surface area contributed by atoms with Crippen molar-refractivity contribution in [3.8, 4) is 0 Å². The van der Waals surface area contributed by atoms with Crippen molar-refractivity contribution in [1.82, 2.24) is 20.4 Å². The molecule has 1 spiro atoms. The Balaban J connectivity index is 1.55. The third-order valence-corrected chi connectivity index (χ3v) is 6.78. The summed E-state index contributed by atoms with van der Waals surface area (Å²) in [5.41, 5.74) is 1.04. The van der Waals surface area contributed by atoms with Crippen LogP contribution in [-0.4, -0.2) is 59.3 Å². The van der Waals surface area contributed by atoms with Crippen LogP contribution >= 0.6 is 11.6 Å². The summed E-state index contributed by atoms with van der Waals surface area (Å²) >= 11 is 6.44. The molecular formula is C22H25ClN4O4. The molecule has 1 aromatic carbocycles. The molecule has 31 heavy (non-hydrogen) atoms. The lowest BCUT2D eigenvalue weighted by Gasteiger charge is -2.33. The summed E-state index contributed by atoms with van der Waals surface area (Å²) in [5, 5.41) is 9.23. The third-order valence-electron chi connectivity index (χ3n) is 6.28. The summed E-state index contributed by atoms with van der Waals surface area (Å²) in [6.07, 6.45) is 3.84. The molecule has 0 radical (unpaired) electrons. The van der Waals surface area contributed by atoms with Gasteiger partial charge in [-0.3, -0.25) is 14.4 Å². The van der Waals surface area contributed by atoms with E-state index >= 15 is 0 Å². The van der Waals surface area contributed by atoms with Crippen LogP contribution in [0.3, 0.4) is 0 Å². The van der Waals surface area contributed by atoms with Crippen molar-refractivity contribution >= 4 is 23.4 Å². The number of H-pyrrole nitrogens is 1. The van der Waals surface area contributed by atoms with Gasteiger partial charge in [0.15, 0.2) is 0 Å². The summed E-state index contributed by atoms with van der Waals surface area (Å²) in [6.45, 7) is 4.10. The Hall–Kier alpha value is -2.71. The van der Waals surface area contributed by atoms with E-state index in [1.54, 1.807) is 6.07 Å². The number of aromatic amines is 1. The van der Waals surface area contributed by atoms with E-state index in [-0.39, 0.29) is 29.5 Å². The molecule has 3 heterocycles. The Morgan fingerprint density at radius 1 is 1.35 bits per heavy atom. The summed E-state index contributed by atoms with van der Waals surface area (Å²) in [7, 11) is 0. The number of nitrogens with one attached hydrogen (secondary N) is 2. The lowest BCUT2D eigenvalue weighted by Crippen LogP contribution is -2.43. The first-order valence-corrected chi connectivity index (χ1v) is 10.7. The van der Waals surface area contributed by atoms with Crippen molar-refractivity contribution in [2.24, 2.45) is 5.41 Å². The highest BCUT2D eigenvalue weighted by molar-refractivity contribution is 6.34. The fourth-order valence-electron chi connectivity index (χ4n) is 4.53. The number of rotatable bonds is 4. The fraction of sp³-hybridized carbons (Fsp3) is 0.455. The zero-order valence-electron chi connectivity index (χ0n) is 17.3. The SMILES string of the molecule is Cc1cccc(C(=O)N2CC3(CCOCC3)CC2CNC(=O)c2cn[nH]c(=O)c2)c1Cl. The lowest BCUT2D eigenvalue weighted by molar-refractivity contribution is 0.0190. The molecule has 4 rings (SSSR count). The van der Waals surface area contributed by atoms with Crippen molar-refractivity contribution in [3.63, 3.8) is 0 Å². The Bertz CT molecular complexity index is 1050. The summed E-state index contributed by atoms with van der Waals surface area (Å²) < 4.78 is 5.54. The van der Waals surface area contributed by atoms with Crippen LogP contribution in [0.15, 0.2) is 35.3 Å². The van der Waals surface area contributed by atoms with Gasteiger partial charge in [0.1, 0.15) is 0 Å². The van der Waals surface area contributed by atoms with E-state index < -0.39 is 11.5 Å². The summed E-state index contributed by atoms with van der Waals surface area (Å²) in [4.78, 5) is 39.3. The minimum atomic E-state index is -0.444. The lowest BCUT2D eigenvalue weighted by atomic mass is 9.78. The van der Waals surface area contributed by atoms with Gasteiger partial charge >= 0.3 is 0 Å². The molecule has 2 saturated heterocycles. The first-order chi connectivity index (χ1) is 14.9. The van der Waals surface area contributed by atoms with Crippen LogP contribution < -0.4 is 10.9 Å². The molecular weight excluding hydrogens is 420 g/mol. The van der Waals surface area contributed by atoms with Crippen LogP contribution in [0.5, 0.6) is 0 Å². The molecule has 164 valence electrons. The average molecular weight is 445 g/mol. The summed E-state index contributed by atoms with van der Waals surface area (Å²) in [6, 6.07) is 6.46. The number of carbonyl (C=O) groups is 2. The molecule has 1 aromatic heterocycles. The minimum Gasteiger partial charge on any atom is -0.381 e. The first kappa shape index (κ1) is 21.5. The van der Waals surface area contributed by atoms with E-state index in [4.69, 9.17) is 16.3 Å². The molecule has 9 heteroatoms. The quantitative estimate of drug-likeness (QED) is 0.752. The fourth-order valence-corrected chi connectivity index (χ4v) is 4.74. The Morgan fingerprint density at radius 3 is 2.87 bits per heavy atom. The zero-order chi connectivity index (χ0) is 22.0. The summed E-state index contributed by atoms with van der Waals surface area (Å²) in [5.74, 6) is -0.526. The van der Waals surface area contributed by atoms with Gasteiger partial charge in [0, 0.05) is 38.4 Å². The molecule has 2 aliphatic heterocycles. The smallest absolute Gasteiger partial charge is 0.264 e. The molecule has 0 aliphatic carbocycles. The number of hydrogen-bond acceptors (Lipinski definition) is 5. The highest BCUT2D eigenvalue weighted by Gasteiger charge is 2.46. The molecule has 2 N–H and O–H groups in total. The average Bonchev–Trinajstić information content (AvgIpc) is 3.11. The van der Waals surface area contributed by atoms with Gasteiger partial charge in [-0.25, -0.2) is 5.10 Å². The second-order valence-electron chi connectivity index (χ2n) is 8.38. The van der Waals surface area contributed by atoms with Crippen LogP contribution in [0, 0.1) is 12.3 Å². The van der Waals surface area contributed by atoms with Gasteiger partial charge in [0.25, 0.3) is 17.4 Å². The van der Waals surface area contributed by atoms with Gasteiger partial charge in [0.2, 0.25) is 0 Å². The maximum Gasteiger partial charge on any atom is 0.264 e. The molecule has 2 aliphatic rings. The van der Waals surface area contributed by atoms with Crippen LogP contribution in [0.1, 0.15) is 45.5 Å². The Morgan fingerprint density at radius 2 is 2.13 bits per heavy atom. The molecule has 2 fully saturated rings. The van der Waals surface area contributed by atoms with E-state index in [9.17, 15) is 14.4 Å². The van der Waals surface area contributed by atoms with Crippen LogP contribution in [0.2, 0.25) is 5.02 Å². The molecule has 8 nitrogen and oxygen atoms in total. The number of hydrogen-bond donors (Lipinski definition) is 2. The molecule has 0 saturated carbocycles. The number of amides is 2. The van der Waals surface area contributed by atoms with Gasteiger partial charge < -0.3 is 15.0 Å². The van der Waals surface area contributed by atoms with Crippen molar-refractivity contribution in [2.45, 2.75) is 32.2 Å². The molecule has 0 bridgehead atoms. The van der Waals surface area contributed by atoms with E-state index in [2.05, 4.69) is 15.5 Å². The zero-order valence-corrected chi connectivity index (χ0v) is 18.1. The molecule has 2 amide bonds. The molecule has 1 unspecified atom stereocenters. The number of ether oxygens (including phenoxy) is 1. The van der Waals surface area contributed by atoms with Crippen molar-refractivity contribution < 1.29 is 14.3 Å². The third kappa shape index (κ3) is 4.50. The Labute approximate surface area is 184 Å². The number of likely N-dealkylation sites (tertiary alicyclic amines) is 1. The van der Waals surface area contributed by atoms with Gasteiger partial charge in [-0.1, -0.05) is 23.7 Å². The second-order valence-corrected chi connectivity index (χ2v) is 8.76. The van der Waals surface area contributed by atoms with E-state index in [1.807, 2.05) is 24.0 Å². The number of carbonyl (C=O) groups excluding carboxylic acids is 2. The first-order valence-electron chi connectivity index (χ1n) is 10.4. The highest BCUT2D eigenvalue weighted by Crippen LogP contribution is 2.43. The van der Waals surface area contributed by atoms with Gasteiger partial charge in [-0.05, 0) is 43.2 Å². The predicted octanol–water partition coefficient (Wildman–Crippen LogP) is 2.17. The number of halogens is 1. The van der Waals surface area contributed by atoms with Crippen molar-refractivity contribution in [2.75, 3.05) is 26.3 Å². The molecule has 1 atom stereocenters. The topological polar surface area (TPSA) is 104 Å². The number of benzene rings is 1. The standard InChI is InChI=1S/C22H25ClN4O4/c1-14-3-2-4-17(19(14)23)21(30)27-13-22(5-7-31-8-6-22)10-16(27)12-24-20(29)15-9-18(28)26-25-11-15/h2-4,9,11,16H,5-8,10,12-13H2,1H3,(H,24,29)(H,26,28). The van der Waals surface area contributed by atoms with Gasteiger partial charge in [-0.2, -0.15) is 5.10 Å². The normalized spacial score (nSPS) is 20.1. The van der Waals surface area contributed by atoms with Crippen molar-refractivity contribution in [3.05, 3.63) is 62.5 Å². The maximum atomic E-state index is 13.5. The van der Waals surface area contributed by atoms with Gasteiger partial charge in [-0.15, -0.1) is 0 Å². The van der Waals surface area contributed by atoms with Crippen LogP contribution in [-0.2, 0) is 4.74 Å². The van der Waals surface area contributed by atoms with E-state index in [0.717, 1.165) is 24.8 Å². The monoisotopic (exact) mass is 444 g/mol. The minimum absolute atomic E-state index is 0.0228. The number of aromatic nitrogens is 2. The van der Waals surface area contributed by atoms with Crippen LogP contribution in [0.25, 0.3) is 0 Å². The molecule has 2 aromatic rings. The van der Waals surface area contributed by atoms with Gasteiger partial charge in [0.05, 0.1) is 22.3 Å². The largest absolute Gasteiger partial charge is 0.381 e. The highest BCUT2D eigenvalue weighted by atomic mass is 35.5. The second kappa shape index (κ2) is 8.80. The van der Waals surface area contributed by atoms with E-state index in [1.165, 1.54) is 12.3 Å². The van der Waals surface area contributed by atoms with Crippen molar-refractivity contribution in [1.29, 1.82) is 0 Å². The Kier molecular flexibility index (Phi) is 6.11. The maximum absolute atomic E-state index is 13.5. The number of aryl methyl sites for hydroxylation is 1.